The van der Waals surface area contributed by atoms with Crippen LogP contribution in [0.25, 0.3) is 10.2 Å². The van der Waals surface area contributed by atoms with Crippen LogP contribution in [0.3, 0.4) is 0 Å². The minimum Gasteiger partial charge on any atom is -0.289 e. The van der Waals surface area contributed by atoms with E-state index in [9.17, 15) is 4.79 Å². The van der Waals surface area contributed by atoms with Gasteiger partial charge in [0.1, 0.15) is 0 Å². The van der Waals surface area contributed by atoms with Gasteiger partial charge < -0.3 is 0 Å². The fraction of sp³-hybridized carbons (Fsp3) is 0. The number of ketones is 1. The van der Waals surface area contributed by atoms with Crippen molar-refractivity contribution in [3.63, 3.8) is 0 Å². The fourth-order valence-electron chi connectivity index (χ4n) is 1.75. The molecule has 98 valence electrons. The highest BCUT2D eigenvalue weighted by atomic mass is 32.2. The van der Waals surface area contributed by atoms with Crippen LogP contribution in [0, 0.1) is 0 Å². The van der Waals surface area contributed by atoms with Gasteiger partial charge in [0.15, 0.2) is 10.1 Å². The first-order valence-electron chi connectivity index (χ1n) is 6.11. The Morgan fingerprint density at radius 2 is 1.80 bits per heavy atom. The van der Waals surface area contributed by atoms with Crippen LogP contribution < -0.4 is 0 Å². The standard InChI is InChI=1S/C16H11NOS2/c18-14(12-6-2-1-3-7-12)10-11-19-16-17-13-8-4-5-9-15(13)20-16/h1-11H/b11-10+. The van der Waals surface area contributed by atoms with Crippen LogP contribution in [0.15, 0.2) is 70.4 Å². The summed E-state index contributed by atoms with van der Waals surface area (Å²) in [7, 11) is 0. The summed E-state index contributed by atoms with van der Waals surface area (Å²) in [5.41, 5.74) is 1.71. The quantitative estimate of drug-likeness (QED) is 0.394. The molecule has 0 unspecified atom stereocenters. The maximum absolute atomic E-state index is 11.9. The molecule has 20 heavy (non-hydrogen) atoms. The molecule has 0 amide bonds. The number of hydrogen-bond acceptors (Lipinski definition) is 4. The molecule has 0 aliphatic carbocycles. The zero-order valence-corrected chi connectivity index (χ0v) is 12.2. The Hall–Kier alpha value is -1.91. The van der Waals surface area contributed by atoms with Crippen molar-refractivity contribution in [1.82, 2.24) is 4.98 Å². The number of fused-ring (bicyclic) bond motifs is 1. The summed E-state index contributed by atoms with van der Waals surface area (Å²) in [5, 5.41) is 1.80. The molecule has 2 aromatic carbocycles. The third kappa shape index (κ3) is 2.98. The zero-order chi connectivity index (χ0) is 13.8. The van der Waals surface area contributed by atoms with E-state index in [2.05, 4.69) is 11.1 Å². The Balaban J connectivity index is 1.70. The summed E-state index contributed by atoms with van der Waals surface area (Å²) < 4.78 is 2.11. The van der Waals surface area contributed by atoms with E-state index >= 15 is 0 Å². The normalized spacial score (nSPS) is 11.2. The number of benzene rings is 2. The highest BCUT2D eigenvalue weighted by molar-refractivity contribution is 8.03. The maximum Gasteiger partial charge on any atom is 0.186 e. The highest BCUT2D eigenvalue weighted by Crippen LogP contribution is 2.29. The van der Waals surface area contributed by atoms with Crippen molar-refractivity contribution < 1.29 is 4.79 Å². The average Bonchev–Trinajstić information content (AvgIpc) is 2.90. The number of allylic oxidation sites excluding steroid dienone is 1. The van der Waals surface area contributed by atoms with E-state index in [1.807, 2.05) is 48.5 Å². The van der Waals surface area contributed by atoms with Gasteiger partial charge in [-0.2, -0.15) is 0 Å². The van der Waals surface area contributed by atoms with Crippen molar-refractivity contribution in [2.45, 2.75) is 4.34 Å². The number of thiazole rings is 1. The largest absolute Gasteiger partial charge is 0.289 e. The van der Waals surface area contributed by atoms with Gasteiger partial charge in [0.2, 0.25) is 0 Å². The van der Waals surface area contributed by atoms with Crippen molar-refractivity contribution in [1.29, 1.82) is 0 Å². The lowest BCUT2D eigenvalue weighted by molar-refractivity contribution is 0.104. The molecule has 1 heterocycles. The van der Waals surface area contributed by atoms with Crippen LogP contribution in [0.5, 0.6) is 0 Å². The molecule has 0 saturated heterocycles. The van der Waals surface area contributed by atoms with Gasteiger partial charge in [-0.25, -0.2) is 4.98 Å². The molecule has 0 fully saturated rings. The third-order valence-corrected chi connectivity index (χ3v) is 4.66. The van der Waals surface area contributed by atoms with Crippen LogP contribution in [-0.2, 0) is 0 Å². The van der Waals surface area contributed by atoms with Crippen LogP contribution in [0.1, 0.15) is 10.4 Å². The summed E-state index contributed by atoms with van der Waals surface area (Å²) in [6, 6.07) is 17.3. The number of para-hydroxylation sites is 1. The van der Waals surface area contributed by atoms with E-state index in [-0.39, 0.29) is 5.78 Å². The van der Waals surface area contributed by atoms with Crippen LogP contribution in [0.4, 0.5) is 0 Å². The molecule has 0 bridgehead atoms. The van der Waals surface area contributed by atoms with E-state index in [0.717, 1.165) is 14.6 Å². The van der Waals surface area contributed by atoms with Gasteiger partial charge in [0, 0.05) is 5.56 Å². The minimum absolute atomic E-state index is 0.0132. The van der Waals surface area contributed by atoms with Gasteiger partial charge in [-0.3, -0.25) is 4.79 Å². The van der Waals surface area contributed by atoms with Crippen molar-refractivity contribution in [2.24, 2.45) is 0 Å². The van der Waals surface area contributed by atoms with Crippen LogP contribution >= 0.6 is 23.1 Å². The van der Waals surface area contributed by atoms with Crippen molar-refractivity contribution in [3.8, 4) is 0 Å². The van der Waals surface area contributed by atoms with Crippen molar-refractivity contribution >= 4 is 39.1 Å². The highest BCUT2D eigenvalue weighted by Gasteiger charge is 2.03. The summed E-state index contributed by atoms with van der Waals surface area (Å²) in [5.74, 6) is 0.0132. The van der Waals surface area contributed by atoms with Gasteiger partial charge in [-0.05, 0) is 23.6 Å². The SMILES string of the molecule is O=C(/C=C/Sc1nc2ccccc2s1)c1ccccc1. The molecule has 0 saturated carbocycles. The second kappa shape index (κ2) is 6.03. The molecule has 0 spiro atoms. The lowest BCUT2D eigenvalue weighted by Crippen LogP contribution is -1.92. The number of carbonyl (C=O) groups excluding carboxylic acids is 1. The number of carbonyl (C=O) groups is 1. The number of nitrogens with zero attached hydrogens (tertiary/aromatic N) is 1. The first-order chi connectivity index (χ1) is 9.83. The molecular formula is C16H11NOS2. The molecule has 3 rings (SSSR count). The van der Waals surface area contributed by atoms with E-state index in [1.165, 1.54) is 11.8 Å². The lowest BCUT2D eigenvalue weighted by Gasteiger charge is -1.93. The first-order valence-corrected chi connectivity index (χ1v) is 7.81. The Morgan fingerprint density at radius 1 is 1.05 bits per heavy atom. The number of thioether (sulfide) groups is 1. The summed E-state index contributed by atoms with van der Waals surface area (Å²) in [4.78, 5) is 16.4. The summed E-state index contributed by atoms with van der Waals surface area (Å²) in [6.07, 6.45) is 1.59. The topological polar surface area (TPSA) is 30.0 Å². The summed E-state index contributed by atoms with van der Waals surface area (Å²) in [6.45, 7) is 0. The molecule has 0 atom stereocenters. The van der Waals surface area contributed by atoms with E-state index in [0.29, 0.717) is 5.56 Å². The number of hydrogen-bond donors (Lipinski definition) is 0. The first kappa shape index (κ1) is 13.1. The molecule has 0 radical (unpaired) electrons. The van der Waals surface area contributed by atoms with Crippen molar-refractivity contribution in [2.75, 3.05) is 0 Å². The molecule has 2 nitrogen and oxygen atoms in total. The van der Waals surface area contributed by atoms with E-state index in [1.54, 1.807) is 22.8 Å². The predicted molar refractivity (Wildman–Crippen MR) is 85.4 cm³/mol. The molecule has 0 aliphatic rings. The molecule has 3 aromatic rings. The molecule has 0 N–H and O–H groups in total. The monoisotopic (exact) mass is 297 g/mol. The van der Waals surface area contributed by atoms with Gasteiger partial charge in [0.05, 0.1) is 10.2 Å². The third-order valence-electron chi connectivity index (χ3n) is 2.72. The molecular weight excluding hydrogens is 286 g/mol. The van der Waals surface area contributed by atoms with Gasteiger partial charge in [0.25, 0.3) is 0 Å². The van der Waals surface area contributed by atoms with Gasteiger partial charge in [-0.15, -0.1) is 11.3 Å². The predicted octanol–water partition coefficient (Wildman–Crippen LogP) is 4.79. The molecule has 1 aromatic heterocycles. The Bertz CT molecular complexity index is 729. The van der Waals surface area contributed by atoms with Crippen molar-refractivity contribution in [3.05, 3.63) is 71.6 Å². The van der Waals surface area contributed by atoms with Crippen LogP contribution in [-0.4, -0.2) is 10.8 Å². The average molecular weight is 297 g/mol. The van der Waals surface area contributed by atoms with Crippen LogP contribution in [0.2, 0.25) is 0 Å². The second-order valence-electron chi connectivity index (χ2n) is 4.10. The summed E-state index contributed by atoms with van der Waals surface area (Å²) >= 11 is 3.11. The van der Waals surface area contributed by atoms with Gasteiger partial charge in [-0.1, -0.05) is 54.2 Å². The zero-order valence-electron chi connectivity index (χ0n) is 10.5. The van der Waals surface area contributed by atoms with E-state index in [4.69, 9.17) is 0 Å². The molecule has 4 heteroatoms. The number of aromatic nitrogens is 1. The minimum atomic E-state index is 0.0132. The second-order valence-corrected chi connectivity index (χ2v) is 6.28. The number of rotatable bonds is 4. The fourth-order valence-corrected chi connectivity index (χ4v) is 3.54. The molecule has 0 aliphatic heterocycles. The Labute approximate surface area is 125 Å². The lowest BCUT2D eigenvalue weighted by atomic mass is 10.1. The Morgan fingerprint density at radius 3 is 2.60 bits per heavy atom. The van der Waals surface area contributed by atoms with E-state index < -0.39 is 0 Å². The Kier molecular flexibility index (Phi) is 3.95. The maximum atomic E-state index is 11.9. The smallest absolute Gasteiger partial charge is 0.186 e. The van der Waals surface area contributed by atoms with Gasteiger partial charge >= 0.3 is 0 Å².